The standard InChI is InChI=1S/C15H21NO/c1-4-15(9-6-10-16-15)14(17)13-8-5-7-11(2)12(13)3/h5,7-8,16H,4,6,9-10H2,1-3H3. The third kappa shape index (κ3) is 2.02. The monoisotopic (exact) mass is 231 g/mol. The van der Waals surface area contributed by atoms with Crippen LogP contribution in [0.2, 0.25) is 0 Å². The van der Waals surface area contributed by atoms with Gasteiger partial charge in [0.05, 0.1) is 5.54 Å². The Bertz CT molecular complexity index is 431. The molecule has 1 fully saturated rings. The van der Waals surface area contributed by atoms with Crippen molar-refractivity contribution in [1.29, 1.82) is 0 Å². The van der Waals surface area contributed by atoms with Gasteiger partial charge in [-0.3, -0.25) is 4.79 Å². The van der Waals surface area contributed by atoms with Gasteiger partial charge in [-0.2, -0.15) is 0 Å². The molecule has 1 heterocycles. The highest BCUT2D eigenvalue weighted by Gasteiger charge is 2.39. The van der Waals surface area contributed by atoms with E-state index in [-0.39, 0.29) is 11.3 Å². The van der Waals surface area contributed by atoms with Gasteiger partial charge in [0.1, 0.15) is 0 Å². The van der Waals surface area contributed by atoms with Crippen LogP contribution in [0.4, 0.5) is 0 Å². The second-order valence-electron chi connectivity index (χ2n) is 5.04. The predicted molar refractivity (Wildman–Crippen MR) is 70.5 cm³/mol. The molecule has 1 aromatic carbocycles. The molecular formula is C15H21NO. The van der Waals surface area contributed by atoms with Gasteiger partial charge in [-0.15, -0.1) is 0 Å². The molecule has 1 atom stereocenters. The number of aryl methyl sites for hydroxylation is 1. The molecule has 0 aliphatic carbocycles. The molecule has 0 spiro atoms. The first-order chi connectivity index (χ1) is 8.10. The van der Waals surface area contributed by atoms with Crippen LogP contribution in [0, 0.1) is 13.8 Å². The lowest BCUT2D eigenvalue weighted by Gasteiger charge is -2.27. The molecule has 1 unspecified atom stereocenters. The molecule has 1 aliphatic heterocycles. The summed E-state index contributed by atoms with van der Waals surface area (Å²) in [6.07, 6.45) is 2.94. The Balaban J connectivity index is 2.39. The zero-order chi connectivity index (χ0) is 12.5. The molecule has 2 nitrogen and oxygen atoms in total. The van der Waals surface area contributed by atoms with Crippen molar-refractivity contribution in [2.45, 2.75) is 45.6 Å². The minimum Gasteiger partial charge on any atom is -0.305 e. The van der Waals surface area contributed by atoms with Gasteiger partial charge in [0.15, 0.2) is 5.78 Å². The smallest absolute Gasteiger partial charge is 0.183 e. The van der Waals surface area contributed by atoms with Gasteiger partial charge in [-0.25, -0.2) is 0 Å². The van der Waals surface area contributed by atoms with E-state index < -0.39 is 0 Å². The normalized spacial score (nSPS) is 23.9. The summed E-state index contributed by atoms with van der Waals surface area (Å²) in [7, 11) is 0. The van der Waals surface area contributed by atoms with Gasteiger partial charge >= 0.3 is 0 Å². The van der Waals surface area contributed by atoms with E-state index >= 15 is 0 Å². The van der Waals surface area contributed by atoms with E-state index in [9.17, 15) is 4.79 Å². The van der Waals surface area contributed by atoms with E-state index in [1.807, 2.05) is 19.1 Å². The second-order valence-corrected chi connectivity index (χ2v) is 5.04. The molecule has 2 rings (SSSR count). The fourth-order valence-electron chi connectivity index (χ4n) is 2.72. The number of carbonyl (C=O) groups is 1. The van der Waals surface area contributed by atoms with Gasteiger partial charge in [0.25, 0.3) is 0 Å². The quantitative estimate of drug-likeness (QED) is 0.810. The minimum absolute atomic E-state index is 0.277. The Kier molecular flexibility index (Phi) is 3.34. The molecular weight excluding hydrogens is 210 g/mol. The Morgan fingerprint density at radius 3 is 2.76 bits per heavy atom. The molecule has 1 aliphatic rings. The summed E-state index contributed by atoms with van der Waals surface area (Å²) < 4.78 is 0. The molecule has 0 amide bonds. The second kappa shape index (κ2) is 4.61. The first-order valence-corrected chi connectivity index (χ1v) is 6.47. The van der Waals surface area contributed by atoms with Gasteiger partial charge < -0.3 is 5.32 Å². The van der Waals surface area contributed by atoms with Crippen LogP contribution >= 0.6 is 0 Å². The van der Waals surface area contributed by atoms with Crippen LogP contribution in [-0.2, 0) is 0 Å². The predicted octanol–water partition coefficient (Wildman–Crippen LogP) is 3.02. The van der Waals surface area contributed by atoms with Crippen molar-refractivity contribution in [3.63, 3.8) is 0 Å². The SMILES string of the molecule is CCC1(C(=O)c2cccc(C)c2C)CCCN1. The zero-order valence-electron chi connectivity index (χ0n) is 11.0. The number of rotatable bonds is 3. The Hall–Kier alpha value is -1.15. The van der Waals surface area contributed by atoms with Crippen LogP contribution in [0.5, 0.6) is 0 Å². The first-order valence-electron chi connectivity index (χ1n) is 6.47. The number of nitrogens with one attached hydrogen (secondary N) is 1. The average molecular weight is 231 g/mol. The van der Waals surface area contributed by atoms with Gasteiger partial charge in [-0.1, -0.05) is 25.1 Å². The summed E-state index contributed by atoms with van der Waals surface area (Å²) in [6.45, 7) is 7.17. The van der Waals surface area contributed by atoms with Crippen LogP contribution in [0.15, 0.2) is 18.2 Å². The average Bonchev–Trinajstić information content (AvgIpc) is 2.82. The summed E-state index contributed by atoms with van der Waals surface area (Å²) in [5.74, 6) is 0.277. The fourth-order valence-corrected chi connectivity index (χ4v) is 2.72. The first kappa shape index (κ1) is 12.3. The molecule has 1 N–H and O–H groups in total. The molecule has 0 bridgehead atoms. The van der Waals surface area contributed by atoms with Crippen LogP contribution in [0.25, 0.3) is 0 Å². The van der Waals surface area contributed by atoms with Crippen LogP contribution in [-0.4, -0.2) is 17.9 Å². The topological polar surface area (TPSA) is 29.1 Å². The molecule has 0 saturated carbocycles. The highest BCUT2D eigenvalue weighted by Crippen LogP contribution is 2.29. The lowest BCUT2D eigenvalue weighted by Crippen LogP contribution is -2.47. The molecule has 2 heteroatoms. The van der Waals surface area contributed by atoms with E-state index in [0.717, 1.165) is 36.9 Å². The van der Waals surface area contributed by atoms with Crippen molar-refractivity contribution in [1.82, 2.24) is 5.32 Å². The Morgan fingerprint density at radius 2 is 2.18 bits per heavy atom. The minimum atomic E-state index is -0.307. The van der Waals surface area contributed by atoms with E-state index in [4.69, 9.17) is 0 Å². The molecule has 1 saturated heterocycles. The maximum Gasteiger partial charge on any atom is 0.183 e. The summed E-state index contributed by atoms with van der Waals surface area (Å²) in [5, 5.41) is 3.42. The molecule has 0 radical (unpaired) electrons. The van der Waals surface area contributed by atoms with Crippen molar-refractivity contribution in [2.24, 2.45) is 0 Å². The van der Waals surface area contributed by atoms with Crippen molar-refractivity contribution in [3.05, 3.63) is 34.9 Å². The number of hydrogen-bond acceptors (Lipinski definition) is 2. The van der Waals surface area contributed by atoms with Crippen molar-refractivity contribution in [3.8, 4) is 0 Å². The van der Waals surface area contributed by atoms with Crippen LogP contribution in [0.3, 0.4) is 0 Å². The third-order valence-corrected chi connectivity index (χ3v) is 4.13. The van der Waals surface area contributed by atoms with Gasteiger partial charge in [0.2, 0.25) is 0 Å². The Labute approximate surface area is 103 Å². The van der Waals surface area contributed by atoms with Gasteiger partial charge in [-0.05, 0) is 50.8 Å². The fraction of sp³-hybridized carbons (Fsp3) is 0.533. The zero-order valence-corrected chi connectivity index (χ0v) is 11.0. The highest BCUT2D eigenvalue weighted by atomic mass is 16.1. The van der Waals surface area contributed by atoms with Crippen molar-refractivity contribution >= 4 is 5.78 Å². The van der Waals surface area contributed by atoms with E-state index in [1.165, 1.54) is 5.56 Å². The number of carbonyl (C=O) groups excluding carboxylic acids is 1. The molecule has 0 aromatic heterocycles. The summed E-state index contributed by atoms with van der Waals surface area (Å²) in [4.78, 5) is 12.7. The van der Waals surface area contributed by atoms with Crippen molar-refractivity contribution < 1.29 is 4.79 Å². The maximum atomic E-state index is 12.7. The molecule has 92 valence electrons. The van der Waals surface area contributed by atoms with Gasteiger partial charge in [0, 0.05) is 5.56 Å². The summed E-state index contributed by atoms with van der Waals surface area (Å²) in [5.41, 5.74) is 2.90. The maximum absolute atomic E-state index is 12.7. The lowest BCUT2D eigenvalue weighted by molar-refractivity contribution is 0.0863. The lowest BCUT2D eigenvalue weighted by atomic mass is 9.83. The van der Waals surface area contributed by atoms with E-state index in [2.05, 4.69) is 25.2 Å². The summed E-state index contributed by atoms with van der Waals surface area (Å²) >= 11 is 0. The molecule has 17 heavy (non-hydrogen) atoms. The highest BCUT2D eigenvalue weighted by molar-refractivity contribution is 6.04. The summed E-state index contributed by atoms with van der Waals surface area (Å²) in [6, 6.07) is 6.00. The Morgan fingerprint density at radius 1 is 1.41 bits per heavy atom. The third-order valence-electron chi connectivity index (χ3n) is 4.13. The van der Waals surface area contributed by atoms with Crippen LogP contribution < -0.4 is 5.32 Å². The number of ketones is 1. The van der Waals surface area contributed by atoms with Crippen molar-refractivity contribution in [2.75, 3.05) is 6.54 Å². The number of benzene rings is 1. The van der Waals surface area contributed by atoms with E-state index in [1.54, 1.807) is 0 Å². The van der Waals surface area contributed by atoms with E-state index in [0.29, 0.717) is 0 Å². The molecule has 1 aromatic rings. The number of hydrogen-bond donors (Lipinski definition) is 1. The van der Waals surface area contributed by atoms with Crippen LogP contribution in [0.1, 0.15) is 47.7 Å². The number of Topliss-reactive ketones (excluding diaryl/α,β-unsaturated/α-hetero) is 1. The largest absolute Gasteiger partial charge is 0.305 e.